The first-order valence-electron chi connectivity index (χ1n) is 9.10. The highest BCUT2D eigenvalue weighted by Crippen LogP contribution is 2.24. The van der Waals surface area contributed by atoms with Gasteiger partial charge in [0.1, 0.15) is 0 Å². The average Bonchev–Trinajstić information content (AvgIpc) is 2.61. The molecule has 0 radical (unpaired) electrons. The molecule has 0 spiro atoms. The number of carbonyl (C=O) groups is 1. The van der Waals surface area contributed by atoms with Crippen LogP contribution in [0.3, 0.4) is 0 Å². The molecule has 0 bridgehead atoms. The maximum Gasteiger partial charge on any atom is 0.274 e. The van der Waals surface area contributed by atoms with Crippen molar-refractivity contribution in [1.82, 2.24) is 15.1 Å². The second kappa shape index (κ2) is 8.85. The third kappa shape index (κ3) is 4.43. The monoisotopic (exact) mass is 318 g/mol. The number of hydrogen-bond acceptors (Lipinski definition) is 4. The summed E-state index contributed by atoms with van der Waals surface area (Å²) in [6, 6.07) is 4.35. The Bertz CT molecular complexity index is 482. The van der Waals surface area contributed by atoms with Crippen LogP contribution in [0.15, 0.2) is 12.1 Å². The van der Waals surface area contributed by atoms with Crippen molar-refractivity contribution in [2.24, 2.45) is 0 Å². The quantitative estimate of drug-likeness (QED) is 0.772. The molecule has 23 heavy (non-hydrogen) atoms. The van der Waals surface area contributed by atoms with Crippen LogP contribution in [0.1, 0.15) is 69.8 Å². The van der Waals surface area contributed by atoms with Crippen LogP contribution >= 0.6 is 0 Å². The first-order valence-corrected chi connectivity index (χ1v) is 9.10. The third-order valence-electron chi connectivity index (χ3n) is 4.54. The average molecular weight is 318 g/mol. The number of rotatable bonds is 7. The first-order chi connectivity index (χ1) is 11.2. The molecule has 5 heteroatoms. The van der Waals surface area contributed by atoms with E-state index in [4.69, 9.17) is 0 Å². The molecule has 1 unspecified atom stereocenters. The van der Waals surface area contributed by atoms with E-state index >= 15 is 0 Å². The van der Waals surface area contributed by atoms with Gasteiger partial charge >= 0.3 is 0 Å². The van der Waals surface area contributed by atoms with Gasteiger partial charge in [-0.3, -0.25) is 4.79 Å². The summed E-state index contributed by atoms with van der Waals surface area (Å²) in [6.07, 6.45) is 6.77. The molecule has 5 nitrogen and oxygen atoms in total. The largest absolute Gasteiger partial charge is 0.352 e. The number of piperidine rings is 1. The van der Waals surface area contributed by atoms with Crippen molar-refractivity contribution in [1.29, 1.82) is 0 Å². The third-order valence-corrected chi connectivity index (χ3v) is 4.54. The highest BCUT2D eigenvalue weighted by atomic mass is 16.2. The van der Waals surface area contributed by atoms with Gasteiger partial charge in [0.2, 0.25) is 0 Å². The standard InChI is InChI=1S/C18H30N4O/c1-4-12-21(13-5-2)18(23)16-10-11-17(20-19-16)22-14-8-7-9-15(22)6-3/h10-11,15H,4-9,12-14H2,1-3H3. The summed E-state index contributed by atoms with van der Waals surface area (Å²) >= 11 is 0. The van der Waals surface area contributed by atoms with Crippen LogP contribution in [0.4, 0.5) is 5.82 Å². The molecule has 0 saturated carbocycles. The lowest BCUT2D eigenvalue weighted by Crippen LogP contribution is -2.40. The molecule has 1 atom stereocenters. The zero-order chi connectivity index (χ0) is 16.7. The Morgan fingerprint density at radius 1 is 1.17 bits per heavy atom. The Morgan fingerprint density at radius 2 is 1.91 bits per heavy atom. The number of carbonyl (C=O) groups excluding carboxylic acids is 1. The molecular formula is C18H30N4O. The highest BCUT2D eigenvalue weighted by molar-refractivity contribution is 5.92. The molecule has 0 N–H and O–H groups in total. The summed E-state index contributed by atoms with van der Waals surface area (Å²) < 4.78 is 0. The lowest BCUT2D eigenvalue weighted by atomic mass is 10.0. The predicted octanol–water partition coefficient (Wildman–Crippen LogP) is 3.51. The smallest absolute Gasteiger partial charge is 0.274 e. The van der Waals surface area contributed by atoms with Crippen LogP contribution in [0.2, 0.25) is 0 Å². The van der Waals surface area contributed by atoms with E-state index in [2.05, 4.69) is 35.9 Å². The SMILES string of the molecule is CCCN(CCC)C(=O)c1ccc(N2CCCCC2CC)nn1. The molecule has 1 fully saturated rings. The van der Waals surface area contributed by atoms with Crippen LogP contribution in [0.25, 0.3) is 0 Å². The predicted molar refractivity (Wildman–Crippen MR) is 93.8 cm³/mol. The second-order valence-electron chi connectivity index (χ2n) is 6.32. The fraction of sp³-hybridized carbons (Fsp3) is 0.722. The minimum Gasteiger partial charge on any atom is -0.352 e. The fourth-order valence-corrected chi connectivity index (χ4v) is 3.34. The summed E-state index contributed by atoms with van der Waals surface area (Å²) in [4.78, 5) is 16.8. The van der Waals surface area contributed by atoms with Gasteiger partial charge in [-0.15, -0.1) is 10.2 Å². The van der Waals surface area contributed by atoms with E-state index in [1.54, 1.807) is 0 Å². The summed E-state index contributed by atoms with van der Waals surface area (Å²) in [6.45, 7) is 9.00. The summed E-state index contributed by atoms with van der Waals surface area (Å²) in [5.74, 6) is 0.907. The lowest BCUT2D eigenvalue weighted by molar-refractivity contribution is 0.0748. The Kier molecular flexibility index (Phi) is 6.81. The molecule has 1 aromatic rings. The van der Waals surface area contributed by atoms with Crippen LogP contribution < -0.4 is 4.90 Å². The van der Waals surface area contributed by atoms with Crippen molar-refractivity contribution in [3.63, 3.8) is 0 Å². The van der Waals surface area contributed by atoms with E-state index in [1.165, 1.54) is 19.3 Å². The van der Waals surface area contributed by atoms with E-state index in [1.807, 2.05) is 17.0 Å². The molecule has 1 amide bonds. The lowest BCUT2D eigenvalue weighted by Gasteiger charge is -2.35. The Morgan fingerprint density at radius 3 is 2.48 bits per heavy atom. The van der Waals surface area contributed by atoms with Crippen LogP contribution in [0.5, 0.6) is 0 Å². The van der Waals surface area contributed by atoms with E-state index in [0.29, 0.717) is 11.7 Å². The maximum absolute atomic E-state index is 12.5. The van der Waals surface area contributed by atoms with Crippen LogP contribution in [-0.2, 0) is 0 Å². The number of amides is 1. The van der Waals surface area contributed by atoms with Crippen molar-refractivity contribution < 1.29 is 4.79 Å². The Labute approximate surface area is 140 Å². The van der Waals surface area contributed by atoms with Gasteiger partial charge in [-0.1, -0.05) is 20.8 Å². The van der Waals surface area contributed by atoms with Gasteiger partial charge in [-0.05, 0) is 50.7 Å². The van der Waals surface area contributed by atoms with E-state index in [0.717, 1.165) is 44.7 Å². The zero-order valence-corrected chi connectivity index (χ0v) is 14.8. The molecule has 1 aliphatic heterocycles. The fourth-order valence-electron chi connectivity index (χ4n) is 3.34. The van der Waals surface area contributed by atoms with Crippen molar-refractivity contribution in [3.05, 3.63) is 17.8 Å². The first kappa shape index (κ1) is 17.7. The topological polar surface area (TPSA) is 49.3 Å². The van der Waals surface area contributed by atoms with Crippen LogP contribution in [-0.4, -0.2) is 46.7 Å². The van der Waals surface area contributed by atoms with Gasteiger partial charge in [0.05, 0.1) is 0 Å². The number of aromatic nitrogens is 2. The molecule has 1 aliphatic rings. The van der Waals surface area contributed by atoms with Crippen molar-refractivity contribution in [3.8, 4) is 0 Å². The molecule has 128 valence electrons. The molecule has 2 heterocycles. The van der Waals surface area contributed by atoms with Gasteiger partial charge < -0.3 is 9.80 Å². The minimum absolute atomic E-state index is 0.00145. The molecule has 1 aromatic heterocycles. The van der Waals surface area contributed by atoms with Gasteiger partial charge in [0, 0.05) is 25.7 Å². The van der Waals surface area contributed by atoms with E-state index < -0.39 is 0 Å². The molecular weight excluding hydrogens is 288 g/mol. The number of hydrogen-bond donors (Lipinski definition) is 0. The maximum atomic E-state index is 12.5. The van der Waals surface area contributed by atoms with E-state index in [9.17, 15) is 4.79 Å². The molecule has 0 aliphatic carbocycles. The van der Waals surface area contributed by atoms with Crippen molar-refractivity contribution in [2.45, 2.75) is 65.3 Å². The number of nitrogens with zero attached hydrogens (tertiary/aromatic N) is 4. The molecule has 2 rings (SSSR count). The van der Waals surface area contributed by atoms with Gasteiger partial charge in [-0.25, -0.2) is 0 Å². The zero-order valence-electron chi connectivity index (χ0n) is 14.8. The molecule has 1 saturated heterocycles. The van der Waals surface area contributed by atoms with E-state index in [-0.39, 0.29) is 5.91 Å². The Hall–Kier alpha value is -1.65. The van der Waals surface area contributed by atoms with Gasteiger partial charge in [0.15, 0.2) is 11.5 Å². The minimum atomic E-state index is -0.00145. The van der Waals surface area contributed by atoms with Crippen LogP contribution in [0, 0.1) is 0 Å². The van der Waals surface area contributed by atoms with Crippen molar-refractivity contribution >= 4 is 11.7 Å². The number of anilines is 1. The van der Waals surface area contributed by atoms with Gasteiger partial charge in [-0.2, -0.15) is 0 Å². The van der Waals surface area contributed by atoms with Gasteiger partial charge in [0.25, 0.3) is 5.91 Å². The summed E-state index contributed by atoms with van der Waals surface area (Å²) in [5, 5.41) is 8.58. The summed E-state index contributed by atoms with van der Waals surface area (Å²) in [7, 11) is 0. The normalized spacial score (nSPS) is 18.0. The van der Waals surface area contributed by atoms with Crippen molar-refractivity contribution in [2.75, 3.05) is 24.5 Å². The second-order valence-corrected chi connectivity index (χ2v) is 6.32. The highest BCUT2D eigenvalue weighted by Gasteiger charge is 2.23. The molecule has 0 aromatic carbocycles. The summed E-state index contributed by atoms with van der Waals surface area (Å²) in [5.41, 5.74) is 0.459. The Balaban J connectivity index is 2.10.